The molecule has 0 radical (unpaired) electrons. The van der Waals surface area contributed by atoms with Crippen molar-refractivity contribution in [3.8, 4) is 0 Å². The Morgan fingerprint density at radius 1 is 1.86 bits per heavy atom. The van der Waals surface area contributed by atoms with Gasteiger partial charge in [0.15, 0.2) is 0 Å². The molecule has 0 unspecified atom stereocenters. The van der Waals surface area contributed by atoms with Crippen molar-refractivity contribution in [3.63, 3.8) is 0 Å². The van der Waals surface area contributed by atoms with E-state index in [-0.39, 0.29) is 5.52 Å². The first-order valence-corrected chi connectivity index (χ1v) is 2.70. The summed E-state index contributed by atoms with van der Waals surface area (Å²) in [4.78, 5) is 9.94. The maximum atomic E-state index is 9.94. The van der Waals surface area contributed by atoms with Crippen LogP contribution in [0.3, 0.4) is 0 Å². The van der Waals surface area contributed by atoms with Crippen LogP contribution in [0.25, 0.3) is 0 Å². The molecule has 0 amide bonds. The van der Waals surface area contributed by atoms with Gasteiger partial charge in [-0.3, -0.25) is 0 Å². The van der Waals surface area contributed by atoms with Gasteiger partial charge in [0.2, 0.25) is 0 Å². The highest BCUT2D eigenvalue weighted by atomic mass is 79.9. The lowest BCUT2D eigenvalue weighted by Crippen LogP contribution is -2.00. The molecule has 0 heterocycles. The number of hydrogen-bond donors (Lipinski definition) is 0. The van der Waals surface area contributed by atoms with Crippen LogP contribution < -0.4 is 0 Å². The molecule has 0 N–H and O–H groups in total. The second-order valence-corrected chi connectivity index (χ2v) is 1.17. The number of rotatable bonds is 1. The molecule has 0 saturated carbocycles. The zero-order valence-electron chi connectivity index (χ0n) is 3.81. The standard InChI is InChI=1S/C3H5BrO3/c1-6-3(5)7-2-4/h2H2,1H3. The minimum absolute atomic E-state index is 0.180. The molecule has 0 spiro atoms. The molecule has 4 heteroatoms. The van der Waals surface area contributed by atoms with Gasteiger partial charge in [-0.05, 0) is 15.9 Å². The van der Waals surface area contributed by atoms with Crippen molar-refractivity contribution >= 4 is 22.1 Å². The van der Waals surface area contributed by atoms with E-state index in [1.54, 1.807) is 0 Å². The van der Waals surface area contributed by atoms with E-state index < -0.39 is 6.16 Å². The zero-order chi connectivity index (χ0) is 5.70. The quantitative estimate of drug-likeness (QED) is 0.435. The second kappa shape index (κ2) is 3.92. The fraction of sp³-hybridized carbons (Fsp3) is 0.667. The lowest BCUT2D eigenvalue weighted by Gasteiger charge is -1.93. The molecule has 0 aromatic rings. The van der Waals surface area contributed by atoms with Gasteiger partial charge in [0.05, 0.1) is 7.11 Å². The van der Waals surface area contributed by atoms with E-state index in [4.69, 9.17) is 0 Å². The van der Waals surface area contributed by atoms with Crippen molar-refractivity contribution in [2.45, 2.75) is 0 Å². The van der Waals surface area contributed by atoms with Crippen LogP contribution in [0.5, 0.6) is 0 Å². The van der Waals surface area contributed by atoms with Gasteiger partial charge < -0.3 is 9.47 Å². The van der Waals surface area contributed by atoms with E-state index in [0.717, 1.165) is 0 Å². The Kier molecular flexibility index (Phi) is 3.78. The molecule has 0 aliphatic heterocycles. The molecule has 0 aromatic heterocycles. The van der Waals surface area contributed by atoms with Gasteiger partial charge in [0.1, 0.15) is 5.52 Å². The third-order valence-electron chi connectivity index (χ3n) is 0.339. The van der Waals surface area contributed by atoms with Gasteiger partial charge in [-0.1, -0.05) is 0 Å². The maximum absolute atomic E-state index is 9.94. The SMILES string of the molecule is COC(=O)OCBr. The average Bonchev–Trinajstić information content (AvgIpc) is 1.68. The lowest BCUT2D eigenvalue weighted by molar-refractivity contribution is 0.0889. The highest BCUT2D eigenvalue weighted by molar-refractivity contribution is 9.09. The largest absolute Gasteiger partial charge is 0.508 e. The van der Waals surface area contributed by atoms with Crippen molar-refractivity contribution in [1.82, 2.24) is 0 Å². The molecular weight excluding hydrogens is 164 g/mol. The molecule has 0 aliphatic rings. The highest BCUT2D eigenvalue weighted by Crippen LogP contribution is 1.85. The summed E-state index contributed by atoms with van der Waals surface area (Å²) < 4.78 is 8.35. The first-order chi connectivity index (χ1) is 3.31. The van der Waals surface area contributed by atoms with E-state index in [0.29, 0.717) is 0 Å². The van der Waals surface area contributed by atoms with E-state index in [2.05, 4.69) is 25.4 Å². The van der Waals surface area contributed by atoms with Crippen molar-refractivity contribution in [3.05, 3.63) is 0 Å². The maximum Gasteiger partial charge on any atom is 0.508 e. The molecule has 0 fully saturated rings. The monoisotopic (exact) mass is 168 g/mol. The Labute approximate surface area is 49.7 Å². The summed E-state index contributed by atoms with van der Waals surface area (Å²) in [6.07, 6.45) is -0.670. The Hall–Kier alpha value is -0.250. The van der Waals surface area contributed by atoms with E-state index in [1.165, 1.54) is 7.11 Å². The van der Waals surface area contributed by atoms with Crippen molar-refractivity contribution in [2.24, 2.45) is 0 Å². The van der Waals surface area contributed by atoms with Crippen molar-refractivity contribution in [1.29, 1.82) is 0 Å². The summed E-state index contributed by atoms with van der Waals surface area (Å²) >= 11 is 2.87. The van der Waals surface area contributed by atoms with Crippen LogP contribution in [0.2, 0.25) is 0 Å². The van der Waals surface area contributed by atoms with Crippen molar-refractivity contribution in [2.75, 3.05) is 12.6 Å². The topological polar surface area (TPSA) is 35.5 Å². The van der Waals surface area contributed by atoms with Crippen LogP contribution in [0.1, 0.15) is 0 Å². The van der Waals surface area contributed by atoms with Gasteiger partial charge in [0.25, 0.3) is 0 Å². The fourth-order valence-corrected chi connectivity index (χ4v) is 0.290. The Morgan fingerprint density at radius 2 is 2.43 bits per heavy atom. The molecule has 3 nitrogen and oxygen atoms in total. The van der Waals surface area contributed by atoms with Gasteiger partial charge in [0, 0.05) is 0 Å². The smallest absolute Gasteiger partial charge is 0.438 e. The van der Waals surface area contributed by atoms with Crippen LogP contribution in [0.15, 0.2) is 0 Å². The normalized spacial score (nSPS) is 7.71. The van der Waals surface area contributed by atoms with Crippen LogP contribution in [-0.4, -0.2) is 18.8 Å². The molecule has 0 atom stereocenters. The molecule has 0 rings (SSSR count). The van der Waals surface area contributed by atoms with Crippen molar-refractivity contribution < 1.29 is 14.3 Å². The first kappa shape index (κ1) is 6.75. The van der Waals surface area contributed by atoms with Gasteiger partial charge >= 0.3 is 6.16 Å². The van der Waals surface area contributed by atoms with Gasteiger partial charge in [-0.2, -0.15) is 0 Å². The third-order valence-corrected chi connectivity index (χ3v) is 0.568. The minimum Gasteiger partial charge on any atom is -0.438 e. The highest BCUT2D eigenvalue weighted by Gasteiger charge is 1.93. The van der Waals surface area contributed by atoms with Crippen LogP contribution in [0, 0.1) is 0 Å². The zero-order valence-corrected chi connectivity index (χ0v) is 5.40. The van der Waals surface area contributed by atoms with E-state index in [1.807, 2.05) is 0 Å². The summed E-state index contributed by atoms with van der Waals surface area (Å²) in [6, 6.07) is 0. The van der Waals surface area contributed by atoms with E-state index in [9.17, 15) is 4.79 Å². The number of alkyl halides is 1. The summed E-state index contributed by atoms with van der Waals surface area (Å²) in [7, 11) is 1.25. The van der Waals surface area contributed by atoms with Gasteiger partial charge in [-0.25, -0.2) is 4.79 Å². The number of carbonyl (C=O) groups excluding carboxylic acids is 1. The molecule has 7 heavy (non-hydrogen) atoms. The Bertz CT molecular complexity index is 63.2. The molecule has 42 valence electrons. The summed E-state index contributed by atoms with van der Waals surface area (Å²) in [6.45, 7) is 0. The number of methoxy groups -OCH3 is 1. The summed E-state index contributed by atoms with van der Waals surface area (Å²) in [5.74, 6) is 0. The number of hydrogen-bond acceptors (Lipinski definition) is 3. The van der Waals surface area contributed by atoms with Gasteiger partial charge in [-0.15, -0.1) is 0 Å². The molecular formula is C3H5BrO3. The Balaban J connectivity index is 3.00. The average molecular weight is 169 g/mol. The van der Waals surface area contributed by atoms with Crippen LogP contribution in [0.4, 0.5) is 4.79 Å². The predicted molar refractivity (Wildman–Crippen MR) is 27.3 cm³/mol. The predicted octanol–water partition coefficient (Wildman–Crippen LogP) is 1.12. The molecule has 0 saturated heterocycles. The molecule has 0 bridgehead atoms. The lowest BCUT2D eigenvalue weighted by atomic mass is 11.3. The molecule has 0 aliphatic carbocycles. The number of halogens is 1. The number of carbonyl (C=O) groups is 1. The second-order valence-electron chi connectivity index (χ2n) is 0.708. The number of ether oxygens (including phenoxy) is 2. The first-order valence-electron chi connectivity index (χ1n) is 1.58. The van der Waals surface area contributed by atoms with E-state index >= 15 is 0 Å². The summed E-state index contributed by atoms with van der Waals surface area (Å²) in [5.41, 5.74) is 0.180. The summed E-state index contributed by atoms with van der Waals surface area (Å²) in [5, 5.41) is 0. The van der Waals surface area contributed by atoms with Crippen LogP contribution >= 0.6 is 15.9 Å². The fourth-order valence-electron chi connectivity index (χ4n) is 0.103. The molecule has 0 aromatic carbocycles. The third kappa shape index (κ3) is 3.58. The minimum atomic E-state index is -0.670. The Morgan fingerprint density at radius 3 is 2.57 bits per heavy atom. The van der Waals surface area contributed by atoms with Crippen LogP contribution in [-0.2, 0) is 9.47 Å².